The summed E-state index contributed by atoms with van der Waals surface area (Å²) in [6.07, 6.45) is -5.53. The van der Waals surface area contributed by atoms with Crippen LogP contribution in [0.25, 0.3) is 10.9 Å². The number of amides is 3. The lowest BCUT2D eigenvalue weighted by atomic mass is 10.1. The zero-order chi connectivity index (χ0) is 30.8. The smallest absolute Gasteiger partial charge is 0.361 e. The number of para-hydroxylation sites is 1. The average molecular weight is 603 g/mol. The number of carbonyl (C=O) groups is 2. The molecule has 0 spiro atoms. The van der Waals surface area contributed by atoms with Crippen molar-refractivity contribution in [3.63, 3.8) is 0 Å². The first kappa shape index (κ1) is 30.0. The van der Waals surface area contributed by atoms with E-state index >= 15 is 0 Å². The van der Waals surface area contributed by atoms with Crippen molar-refractivity contribution < 1.29 is 35.9 Å². The molecule has 1 fully saturated rings. The van der Waals surface area contributed by atoms with E-state index < -0.39 is 35.4 Å². The first-order chi connectivity index (χ1) is 20.4. The van der Waals surface area contributed by atoms with Crippen molar-refractivity contribution in [3.05, 3.63) is 101 Å². The van der Waals surface area contributed by atoms with Crippen molar-refractivity contribution in [3.8, 4) is 0 Å². The minimum Gasteiger partial charge on any atom is -0.361 e. The van der Waals surface area contributed by atoms with E-state index in [1.165, 1.54) is 34.1 Å². The Hall–Kier alpha value is -4.48. The number of alkyl halides is 6. The van der Waals surface area contributed by atoms with Gasteiger partial charge in [0.15, 0.2) is 0 Å². The Morgan fingerprint density at radius 3 is 2.23 bits per heavy atom. The van der Waals surface area contributed by atoms with Crippen LogP contribution in [0.4, 0.5) is 36.8 Å². The molecule has 226 valence electrons. The van der Waals surface area contributed by atoms with Gasteiger partial charge in [-0.2, -0.15) is 26.3 Å². The quantitative estimate of drug-likeness (QED) is 0.195. The summed E-state index contributed by atoms with van der Waals surface area (Å²) in [5, 5.41) is 3.45. The van der Waals surface area contributed by atoms with Gasteiger partial charge in [-0.25, -0.2) is 4.79 Å². The van der Waals surface area contributed by atoms with Gasteiger partial charge in [-0.15, -0.1) is 0 Å². The molecule has 4 aromatic rings. The van der Waals surface area contributed by atoms with Crippen LogP contribution in [-0.4, -0.2) is 45.9 Å². The molecule has 0 unspecified atom stereocenters. The number of halogens is 6. The predicted molar refractivity (Wildman–Crippen MR) is 149 cm³/mol. The van der Waals surface area contributed by atoms with Crippen LogP contribution in [0.1, 0.15) is 35.1 Å². The van der Waals surface area contributed by atoms with Gasteiger partial charge in [0.2, 0.25) is 5.91 Å². The molecule has 2 N–H and O–H groups in total. The van der Waals surface area contributed by atoms with E-state index in [4.69, 9.17) is 0 Å². The second-order valence-electron chi connectivity index (χ2n) is 10.5. The second kappa shape index (κ2) is 12.0. The summed E-state index contributed by atoms with van der Waals surface area (Å²) in [5.74, 6) is -0.439. The van der Waals surface area contributed by atoms with Crippen LogP contribution in [0.5, 0.6) is 0 Å². The van der Waals surface area contributed by atoms with E-state index in [2.05, 4.69) is 10.3 Å². The normalized spacial score (nSPS) is 13.6. The largest absolute Gasteiger partial charge is 0.416 e. The number of fused-ring (bicyclic) bond motifs is 1. The lowest BCUT2D eigenvalue weighted by Crippen LogP contribution is -2.45. The molecule has 0 atom stereocenters. The number of benzene rings is 3. The van der Waals surface area contributed by atoms with Crippen molar-refractivity contribution >= 4 is 28.5 Å². The number of carbonyl (C=O) groups excluding carboxylic acids is 2. The summed E-state index contributed by atoms with van der Waals surface area (Å²) in [6.45, 7) is -0.119. The Morgan fingerprint density at radius 2 is 1.56 bits per heavy atom. The molecule has 0 aliphatic heterocycles. The monoisotopic (exact) mass is 602 g/mol. The Bertz CT molecular complexity index is 1590. The van der Waals surface area contributed by atoms with Gasteiger partial charge >= 0.3 is 18.4 Å². The molecule has 1 aromatic heterocycles. The van der Waals surface area contributed by atoms with E-state index in [9.17, 15) is 35.9 Å². The van der Waals surface area contributed by atoms with E-state index in [1.807, 2.05) is 30.5 Å². The highest BCUT2D eigenvalue weighted by atomic mass is 19.4. The number of rotatable bonds is 9. The topological polar surface area (TPSA) is 68.4 Å². The highest BCUT2D eigenvalue weighted by molar-refractivity contribution is 5.93. The third kappa shape index (κ3) is 7.49. The van der Waals surface area contributed by atoms with E-state index in [0.717, 1.165) is 40.7 Å². The van der Waals surface area contributed by atoms with Gasteiger partial charge in [0.25, 0.3) is 0 Å². The number of aromatic amines is 1. The minimum atomic E-state index is -4.59. The summed E-state index contributed by atoms with van der Waals surface area (Å²) < 4.78 is 78.7. The molecule has 5 rings (SSSR count). The number of nitrogens with zero attached hydrogens (tertiary/aromatic N) is 2. The fraction of sp³-hybridized carbons (Fsp3) is 0.290. The van der Waals surface area contributed by atoms with Gasteiger partial charge < -0.3 is 20.1 Å². The van der Waals surface area contributed by atoms with Crippen molar-refractivity contribution in [1.82, 2.24) is 14.8 Å². The molecule has 12 heteroatoms. The lowest BCUT2D eigenvalue weighted by molar-refractivity contribution is -0.138. The summed E-state index contributed by atoms with van der Waals surface area (Å²) in [7, 11) is 0. The van der Waals surface area contributed by atoms with E-state index in [1.54, 1.807) is 0 Å². The molecule has 3 amide bonds. The fourth-order valence-electron chi connectivity index (χ4n) is 4.87. The Labute approximate surface area is 243 Å². The SMILES string of the molecule is O=C(CN(C(=O)Nc1cccc(C(F)(F)F)c1)C1CC1)N(CCc1c[nH]c2ccccc12)Cc1ccc(C(F)(F)F)cc1. The van der Waals surface area contributed by atoms with Gasteiger partial charge in [-0.1, -0.05) is 36.4 Å². The molecular weight excluding hydrogens is 574 g/mol. The number of anilines is 1. The van der Waals surface area contributed by atoms with Crippen molar-refractivity contribution in [2.75, 3.05) is 18.4 Å². The number of hydrogen-bond acceptors (Lipinski definition) is 2. The van der Waals surface area contributed by atoms with Crippen LogP contribution in [0.3, 0.4) is 0 Å². The maximum absolute atomic E-state index is 13.6. The Kier molecular flexibility index (Phi) is 8.38. The summed E-state index contributed by atoms with van der Waals surface area (Å²) >= 11 is 0. The first-order valence-corrected chi connectivity index (χ1v) is 13.6. The average Bonchev–Trinajstić information content (AvgIpc) is 3.72. The number of urea groups is 1. The van der Waals surface area contributed by atoms with Crippen molar-refractivity contribution in [2.45, 2.75) is 44.2 Å². The fourth-order valence-corrected chi connectivity index (χ4v) is 4.87. The highest BCUT2D eigenvalue weighted by Crippen LogP contribution is 2.32. The van der Waals surface area contributed by atoms with Crippen molar-refractivity contribution in [1.29, 1.82) is 0 Å². The molecule has 43 heavy (non-hydrogen) atoms. The number of nitrogens with one attached hydrogen (secondary N) is 2. The van der Waals surface area contributed by atoms with Crippen molar-refractivity contribution in [2.24, 2.45) is 0 Å². The maximum Gasteiger partial charge on any atom is 0.416 e. The number of hydrogen-bond donors (Lipinski definition) is 2. The maximum atomic E-state index is 13.6. The Morgan fingerprint density at radius 1 is 0.860 bits per heavy atom. The summed E-state index contributed by atoms with van der Waals surface area (Å²) in [5.41, 5.74) is 0.565. The molecule has 3 aromatic carbocycles. The van der Waals surface area contributed by atoms with Gasteiger partial charge in [0.1, 0.15) is 6.54 Å². The molecule has 0 saturated heterocycles. The molecule has 1 heterocycles. The van der Waals surface area contributed by atoms with Crippen LogP contribution in [0, 0.1) is 0 Å². The third-order valence-corrected chi connectivity index (χ3v) is 7.33. The van der Waals surface area contributed by atoms with Crippen LogP contribution < -0.4 is 5.32 Å². The molecular formula is C31H28F6N4O2. The molecule has 0 bridgehead atoms. The molecule has 6 nitrogen and oxygen atoms in total. The molecule has 1 aliphatic carbocycles. The number of aromatic nitrogens is 1. The van der Waals surface area contributed by atoms with Gasteiger partial charge in [0.05, 0.1) is 11.1 Å². The van der Waals surface area contributed by atoms with Gasteiger partial charge in [-0.3, -0.25) is 4.79 Å². The van der Waals surface area contributed by atoms with Gasteiger partial charge in [0, 0.05) is 41.9 Å². The van der Waals surface area contributed by atoms with E-state index in [0.29, 0.717) is 24.8 Å². The van der Waals surface area contributed by atoms with Gasteiger partial charge in [-0.05, 0) is 66.8 Å². The van der Waals surface area contributed by atoms with E-state index in [-0.39, 0.29) is 31.4 Å². The predicted octanol–water partition coefficient (Wildman–Crippen LogP) is 7.47. The summed E-state index contributed by atoms with van der Waals surface area (Å²) in [4.78, 5) is 32.8. The highest BCUT2D eigenvalue weighted by Gasteiger charge is 2.36. The minimum absolute atomic E-state index is 0.00702. The number of H-pyrrole nitrogens is 1. The second-order valence-corrected chi connectivity index (χ2v) is 10.5. The lowest BCUT2D eigenvalue weighted by Gasteiger charge is -2.28. The zero-order valence-corrected chi connectivity index (χ0v) is 22.8. The third-order valence-electron chi connectivity index (χ3n) is 7.33. The summed E-state index contributed by atoms with van der Waals surface area (Å²) in [6, 6.07) is 15.4. The van der Waals surface area contributed by atoms with Crippen LogP contribution >= 0.6 is 0 Å². The molecule has 1 saturated carbocycles. The first-order valence-electron chi connectivity index (χ1n) is 13.6. The Balaban J connectivity index is 1.33. The molecule has 0 radical (unpaired) electrons. The molecule has 1 aliphatic rings. The van der Waals surface area contributed by atoms with Crippen LogP contribution in [-0.2, 0) is 30.1 Å². The van der Waals surface area contributed by atoms with Crippen LogP contribution in [0.2, 0.25) is 0 Å². The zero-order valence-electron chi connectivity index (χ0n) is 22.8. The van der Waals surface area contributed by atoms with Crippen LogP contribution in [0.15, 0.2) is 79.0 Å². The standard InChI is InChI=1S/C31H28F6N4O2/c32-30(33,34)22-10-8-20(9-11-22)18-40(15-14-21-17-38-27-7-2-1-6-26(21)27)28(42)19-41(25-12-13-25)29(43)39-24-5-3-4-23(16-24)31(35,36)37/h1-11,16-17,25,38H,12-15,18-19H2,(H,39,43).